The Morgan fingerprint density at radius 2 is 2.16 bits per heavy atom. The Morgan fingerprint density at radius 3 is 2.79 bits per heavy atom. The lowest BCUT2D eigenvalue weighted by molar-refractivity contribution is -0.123. The van der Waals surface area contributed by atoms with Gasteiger partial charge in [-0.25, -0.2) is 4.39 Å². The summed E-state index contributed by atoms with van der Waals surface area (Å²) in [5.41, 5.74) is -0.104. The Hall–Kier alpha value is -1.42. The zero-order chi connectivity index (χ0) is 13.9. The van der Waals surface area contributed by atoms with Crippen molar-refractivity contribution in [2.24, 2.45) is 0 Å². The van der Waals surface area contributed by atoms with E-state index in [0.29, 0.717) is 5.56 Å². The van der Waals surface area contributed by atoms with Crippen molar-refractivity contribution in [2.45, 2.75) is 44.1 Å². The van der Waals surface area contributed by atoms with Crippen LogP contribution in [0.2, 0.25) is 0 Å². The molecule has 0 bridgehead atoms. The molecule has 0 radical (unpaired) electrons. The van der Waals surface area contributed by atoms with Gasteiger partial charge in [-0.1, -0.05) is 25.0 Å². The highest BCUT2D eigenvalue weighted by atomic mass is 19.1. The molecular formula is C15H20FNO2. The van der Waals surface area contributed by atoms with Crippen LogP contribution >= 0.6 is 0 Å². The molecular weight excluding hydrogens is 245 g/mol. The molecule has 0 aromatic heterocycles. The van der Waals surface area contributed by atoms with Crippen LogP contribution in [0, 0.1) is 5.82 Å². The zero-order valence-corrected chi connectivity index (χ0v) is 11.2. The average Bonchev–Trinajstić information content (AvgIpc) is 2.82. The number of benzene rings is 1. The summed E-state index contributed by atoms with van der Waals surface area (Å²) in [6.07, 6.45) is 3.49. The van der Waals surface area contributed by atoms with E-state index in [1.54, 1.807) is 19.1 Å². The molecule has 1 aliphatic carbocycles. The first-order chi connectivity index (χ1) is 9.00. The van der Waals surface area contributed by atoms with Gasteiger partial charge in [0, 0.05) is 6.54 Å². The van der Waals surface area contributed by atoms with E-state index in [4.69, 9.17) is 0 Å². The predicted molar refractivity (Wildman–Crippen MR) is 71.2 cm³/mol. The summed E-state index contributed by atoms with van der Waals surface area (Å²) in [7, 11) is 0. The first-order valence-corrected chi connectivity index (χ1v) is 6.76. The maximum atomic E-state index is 13.1. The number of aliphatic hydroxyl groups is 1. The van der Waals surface area contributed by atoms with Gasteiger partial charge in [0.15, 0.2) is 0 Å². The van der Waals surface area contributed by atoms with E-state index in [1.165, 1.54) is 12.1 Å². The maximum absolute atomic E-state index is 13.1. The molecule has 0 heterocycles. The standard InChI is InChI=1S/C15H20FNO2/c1-11(12-5-4-6-13(16)9-12)14(18)17-10-15(19)7-2-3-8-15/h4-6,9,11,19H,2-3,7-8,10H2,1H3,(H,17,18). The molecule has 1 atom stereocenters. The Kier molecular flexibility index (Phi) is 4.20. The maximum Gasteiger partial charge on any atom is 0.227 e. The van der Waals surface area contributed by atoms with Crippen molar-refractivity contribution < 1.29 is 14.3 Å². The highest BCUT2D eigenvalue weighted by Crippen LogP contribution is 2.28. The van der Waals surface area contributed by atoms with Crippen LogP contribution in [0.3, 0.4) is 0 Å². The minimum absolute atomic E-state index is 0.175. The van der Waals surface area contributed by atoms with Gasteiger partial charge < -0.3 is 10.4 Å². The van der Waals surface area contributed by atoms with Crippen LogP contribution < -0.4 is 5.32 Å². The molecule has 3 nitrogen and oxygen atoms in total. The molecule has 0 aliphatic heterocycles. The fraction of sp³-hybridized carbons (Fsp3) is 0.533. The lowest BCUT2D eigenvalue weighted by Crippen LogP contribution is -2.42. The summed E-state index contributed by atoms with van der Waals surface area (Å²) in [6.45, 7) is 2.02. The van der Waals surface area contributed by atoms with Gasteiger partial charge in [0.1, 0.15) is 5.82 Å². The number of hydrogen-bond donors (Lipinski definition) is 2. The normalized spacial score (nSPS) is 19.1. The van der Waals surface area contributed by atoms with Crippen LogP contribution in [0.1, 0.15) is 44.1 Å². The molecule has 0 spiro atoms. The first-order valence-electron chi connectivity index (χ1n) is 6.76. The lowest BCUT2D eigenvalue weighted by atomic mass is 9.98. The van der Waals surface area contributed by atoms with E-state index in [9.17, 15) is 14.3 Å². The lowest BCUT2D eigenvalue weighted by Gasteiger charge is -2.23. The van der Waals surface area contributed by atoms with Crippen LogP contribution in [0.15, 0.2) is 24.3 Å². The average molecular weight is 265 g/mol. The van der Waals surface area contributed by atoms with E-state index in [1.807, 2.05) is 0 Å². The highest BCUT2D eigenvalue weighted by Gasteiger charge is 2.31. The summed E-state index contributed by atoms with van der Waals surface area (Å²) in [5.74, 6) is -0.932. The Labute approximate surface area is 112 Å². The minimum Gasteiger partial charge on any atom is -0.388 e. The third kappa shape index (κ3) is 3.53. The van der Waals surface area contributed by atoms with Gasteiger partial charge >= 0.3 is 0 Å². The quantitative estimate of drug-likeness (QED) is 0.878. The molecule has 1 unspecified atom stereocenters. The molecule has 0 saturated heterocycles. The first kappa shape index (κ1) is 14.0. The molecule has 1 saturated carbocycles. The molecule has 1 fully saturated rings. The molecule has 2 N–H and O–H groups in total. The van der Waals surface area contributed by atoms with Crippen LogP contribution in [-0.4, -0.2) is 23.2 Å². The van der Waals surface area contributed by atoms with E-state index in [0.717, 1.165) is 25.7 Å². The topological polar surface area (TPSA) is 49.3 Å². The molecule has 2 rings (SSSR count). The number of hydrogen-bond acceptors (Lipinski definition) is 2. The Balaban J connectivity index is 1.92. The number of amides is 1. The van der Waals surface area contributed by atoms with Crippen LogP contribution in [-0.2, 0) is 4.79 Å². The Bertz CT molecular complexity index is 455. The van der Waals surface area contributed by atoms with Gasteiger partial charge in [-0.3, -0.25) is 4.79 Å². The molecule has 4 heteroatoms. The van der Waals surface area contributed by atoms with Crippen LogP contribution in [0.25, 0.3) is 0 Å². The number of carbonyl (C=O) groups is 1. The van der Waals surface area contributed by atoms with Gasteiger partial charge in [-0.2, -0.15) is 0 Å². The molecule has 1 aliphatic rings. The fourth-order valence-corrected chi connectivity index (χ4v) is 2.54. The van der Waals surface area contributed by atoms with Crippen molar-refractivity contribution in [3.63, 3.8) is 0 Å². The third-order valence-corrected chi connectivity index (χ3v) is 3.87. The SMILES string of the molecule is CC(C(=O)NCC1(O)CCCC1)c1cccc(F)c1. The van der Waals surface area contributed by atoms with Gasteiger partial charge in [0.25, 0.3) is 0 Å². The van der Waals surface area contributed by atoms with E-state index >= 15 is 0 Å². The molecule has 1 aromatic rings. The van der Waals surface area contributed by atoms with E-state index < -0.39 is 11.5 Å². The van der Waals surface area contributed by atoms with E-state index in [-0.39, 0.29) is 18.3 Å². The number of carbonyl (C=O) groups excluding carboxylic acids is 1. The summed E-state index contributed by atoms with van der Waals surface area (Å²) in [6, 6.07) is 6.06. The van der Waals surface area contributed by atoms with Gasteiger partial charge in [-0.15, -0.1) is 0 Å². The smallest absolute Gasteiger partial charge is 0.227 e. The minimum atomic E-state index is -0.753. The molecule has 19 heavy (non-hydrogen) atoms. The second kappa shape index (κ2) is 5.70. The van der Waals surface area contributed by atoms with Crippen molar-refractivity contribution in [1.82, 2.24) is 5.32 Å². The number of halogens is 1. The second-order valence-electron chi connectivity index (χ2n) is 5.43. The molecule has 1 aromatic carbocycles. The molecule has 104 valence electrons. The second-order valence-corrected chi connectivity index (χ2v) is 5.43. The fourth-order valence-electron chi connectivity index (χ4n) is 2.54. The van der Waals surface area contributed by atoms with Crippen molar-refractivity contribution in [2.75, 3.05) is 6.54 Å². The summed E-state index contributed by atoms with van der Waals surface area (Å²) >= 11 is 0. The number of rotatable bonds is 4. The van der Waals surface area contributed by atoms with Crippen molar-refractivity contribution in [3.05, 3.63) is 35.6 Å². The monoisotopic (exact) mass is 265 g/mol. The largest absolute Gasteiger partial charge is 0.388 e. The van der Waals surface area contributed by atoms with Crippen LogP contribution in [0.4, 0.5) is 4.39 Å². The summed E-state index contributed by atoms with van der Waals surface area (Å²) < 4.78 is 13.1. The third-order valence-electron chi connectivity index (χ3n) is 3.87. The summed E-state index contributed by atoms with van der Waals surface area (Å²) in [4.78, 5) is 12.0. The summed E-state index contributed by atoms with van der Waals surface area (Å²) in [5, 5.41) is 12.9. The van der Waals surface area contributed by atoms with Crippen LogP contribution in [0.5, 0.6) is 0 Å². The van der Waals surface area contributed by atoms with Gasteiger partial charge in [0.05, 0.1) is 11.5 Å². The van der Waals surface area contributed by atoms with Gasteiger partial charge in [0.2, 0.25) is 5.91 Å². The highest BCUT2D eigenvalue weighted by molar-refractivity contribution is 5.83. The van der Waals surface area contributed by atoms with Crippen molar-refractivity contribution >= 4 is 5.91 Å². The molecule has 1 amide bonds. The Morgan fingerprint density at radius 1 is 1.47 bits per heavy atom. The van der Waals surface area contributed by atoms with Crippen molar-refractivity contribution in [3.8, 4) is 0 Å². The predicted octanol–water partition coefficient (Wildman–Crippen LogP) is 2.35. The van der Waals surface area contributed by atoms with E-state index in [2.05, 4.69) is 5.32 Å². The number of nitrogens with one attached hydrogen (secondary N) is 1. The van der Waals surface area contributed by atoms with Gasteiger partial charge in [-0.05, 0) is 37.5 Å². The van der Waals surface area contributed by atoms with Crippen molar-refractivity contribution in [1.29, 1.82) is 0 Å². The zero-order valence-electron chi connectivity index (χ0n) is 11.2.